The predicted molar refractivity (Wildman–Crippen MR) is 70.6 cm³/mol. The summed E-state index contributed by atoms with van der Waals surface area (Å²) in [7, 11) is 0. The summed E-state index contributed by atoms with van der Waals surface area (Å²) < 4.78 is 0. The van der Waals surface area contributed by atoms with E-state index in [-0.39, 0.29) is 0 Å². The average Bonchev–Trinajstić information content (AvgIpc) is 2.58. The zero-order valence-corrected chi connectivity index (χ0v) is 10.6. The molecule has 1 heterocycles. The summed E-state index contributed by atoms with van der Waals surface area (Å²) >= 11 is 0. The maximum absolute atomic E-state index is 10.2. The van der Waals surface area contributed by atoms with Crippen LogP contribution in [-0.2, 0) is 0 Å². The molecule has 3 atom stereocenters. The van der Waals surface area contributed by atoms with Crippen LogP contribution in [0, 0.1) is 11.8 Å². The van der Waals surface area contributed by atoms with E-state index in [0.29, 0.717) is 0 Å². The first-order valence-electron chi connectivity index (χ1n) is 6.32. The van der Waals surface area contributed by atoms with Gasteiger partial charge in [0.2, 0.25) is 0 Å². The third-order valence-corrected chi connectivity index (χ3v) is 3.82. The van der Waals surface area contributed by atoms with Crippen LogP contribution in [-0.4, -0.2) is 29.6 Å². The van der Waals surface area contributed by atoms with Crippen molar-refractivity contribution in [1.29, 1.82) is 0 Å². The molecule has 1 saturated heterocycles. The summed E-state index contributed by atoms with van der Waals surface area (Å²) in [5.41, 5.74) is 7.33. The standard InChI is InChI=1S/C14H22N2O/c1-10-7-16(8-11(10)2)9-14(17)12-3-5-13(15)6-4-12/h3-6,10-11,14,17H,7-9,15H2,1-2H3. The van der Waals surface area contributed by atoms with Gasteiger partial charge in [0.15, 0.2) is 0 Å². The molecular formula is C14H22N2O. The minimum atomic E-state index is -0.409. The van der Waals surface area contributed by atoms with Gasteiger partial charge in [0, 0.05) is 25.3 Å². The van der Waals surface area contributed by atoms with Crippen molar-refractivity contribution in [3.8, 4) is 0 Å². The number of nitrogens with zero attached hydrogens (tertiary/aromatic N) is 1. The Labute approximate surface area is 103 Å². The van der Waals surface area contributed by atoms with E-state index < -0.39 is 6.10 Å². The highest BCUT2D eigenvalue weighted by Crippen LogP contribution is 2.24. The zero-order valence-electron chi connectivity index (χ0n) is 10.6. The number of aliphatic hydroxyl groups is 1. The molecule has 1 aliphatic rings. The molecule has 1 aliphatic heterocycles. The number of likely N-dealkylation sites (tertiary alicyclic amines) is 1. The van der Waals surface area contributed by atoms with Gasteiger partial charge >= 0.3 is 0 Å². The molecular weight excluding hydrogens is 212 g/mol. The Morgan fingerprint density at radius 2 is 1.76 bits per heavy atom. The molecule has 3 unspecified atom stereocenters. The van der Waals surface area contributed by atoms with Crippen molar-refractivity contribution in [2.24, 2.45) is 11.8 Å². The minimum absolute atomic E-state index is 0.409. The number of nitrogens with two attached hydrogens (primary N) is 1. The van der Waals surface area contributed by atoms with Crippen molar-refractivity contribution >= 4 is 5.69 Å². The molecule has 0 bridgehead atoms. The van der Waals surface area contributed by atoms with Crippen LogP contribution in [0.5, 0.6) is 0 Å². The maximum Gasteiger partial charge on any atom is 0.0916 e. The SMILES string of the molecule is CC1CN(CC(O)c2ccc(N)cc2)CC1C. The molecule has 3 N–H and O–H groups in total. The van der Waals surface area contributed by atoms with E-state index in [0.717, 1.165) is 42.7 Å². The second-order valence-corrected chi connectivity index (χ2v) is 5.36. The highest BCUT2D eigenvalue weighted by atomic mass is 16.3. The number of nitrogen functional groups attached to an aromatic ring is 1. The monoisotopic (exact) mass is 234 g/mol. The number of hydrogen-bond acceptors (Lipinski definition) is 3. The average molecular weight is 234 g/mol. The van der Waals surface area contributed by atoms with E-state index in [9.17, 15) is 5.11 Å². The van der Waals surface area contributed by atoms with Crippen molar-refractivity contribution in [2.75, 3.05) is 25.4 Å². The highest BCUT2D eigenvalue weighted by molar-refractivity contribution is 5.39. The van der Waals surface area contributed by atoms with Gasteiger partial charge < -0.3 is 10.8 Å². The van der Waals surface area contributed by atoms with Gasteiger partial charge in [-0.3, -0.25) is 4.90 Å². The lowest BCUT2D eigenvalue weighted by atomic mass is 10.0. The topological polar surface area (TPSA) is 49.5 Å². The van der Waals surface area contributed by atoms with Gasteiger partial charge in [0.05, 0.1) is 6.10 Å². The van der Waals surface area contributed by atoms with E-state index in [2.05, 4.69) is 18.7 Å². The molecule has 0 aromatic heterocycles. The molecule has 3 nitrogen and oxygen atoms in total. The molecule has 1 aromatic carbocycles. The van der Waals surface area contributed by atoms with Crippen LogP contribution in [0.2, 0.25) is 0 Å². The summed E-state index contributed by atoms with van der Waals surface area (Å²) in [6.07, 6.45) is -0.409. The molecule has 0 saturated carbocycles. The number of rotatable bonds is 3. The number of aliphatic hydroxyl groups excluding tert-OH is 1. The zero-order chi connectivity index (χ0) is 12.4. The van der Waals surface area contributed by atoms with Crippen LogP contribution >= 0.6 is 0 Å². The number of benzene rings is 1. The molecule has 3 heteroatoms. The smallest absolute Gasteiger partial charge is 0.0916 e. The Balaban J connectivity index is 1.93. The van der Waals surface area contributed by atoms with Gasteiger partial charge in [-0.15, -0.1) is 0 Å². The molecule has 0 amide bonds. The van der Waals surface area contributed by atoms with Crippen LogP contribution in [0.15, 0.2) is 24.3 Å². The Morgan fingerprint density at radius 1 is 1.24 bits per heavy atom. The van der Waals surface area contributed by atoms with Crippen molar-refractivity contribution < 1.29 is 5.11 Å². The normalized spacial score (nSPS) is 27.2. The second kappa shape index (κ2) is 5.07. The van der Waals surface area contributed by atoms with Crippen molar-refractivity contribution in [1.82, 2.24) is 4.90 Å². The third kappa shape index (κ3) is 2.99. The van der Waals surface area contributed by atoms with Gasteiger partial charge in [-0.2, -0.15) is 0 Å². The first-order valence-corrected chi connectivity index (χ1v) is 6.32. The molecule has 1 aromatic rings. The predicted octanol–water partition coefficient (Wildman–Crippen LogP) is 1.89. The fourth-order valence-corrected chi connectivity index (χ4v) is 2.47. The Morgan fingerprint density at radius 3 is 2.29 bits per heavy atom. The van der Waals surface area contributed by atoms with E-state index in [1.165, 1.54) is 0 Å². The second-order valence-electron chi connectivity index (χ2n) is 5.36. The largest absolute Gasteiger partial charge is 0.399 e. The quantitative estimate of drug-likeness (QED) is 0.785. The summed E-state index contributed by atoms with van der Waals surface area (Å²) in [5, 5.41) is 10.2. The third-order valence-electron chi connectivity index (χ3n) is 3.82. The summed E-state index contributed by atoms with van der Waals surface area (Å²) in [4.78, 5) is 2.34. The van der Waals surface area contributed by atoms with Crippen LogP contribution in [0.25, 0.3) is 0 Å². The molecule has 0 spiro atoms. The van der Waals surface area contributed by atoms with Gasteiger partial charge in [-0.25, -0.2) is 0 Å². The fourth-order valence-electron chi connectivity index (χ4n) is 2.47. The molecule has 17 heavy (non-hydrogen) atoms. The van der Waals surface area contributed by atoms with Gasteiger partial charge in [0.1, 0.15) is 0 Å². The maximum atomic E-state index is 10.2. The van der Waals surface area contributed by atoms with Crippen LogP contribution < -0.4 is 5.73 Å². The molecule has 0 radical (unpaired) electrons. The van der Waals surface area contributed by atoms with Crippen molar-refractivity contribution in [3.63, 3.8) is 0 Å². The van der Waals surface area contributed by atoms with Crippen LogP contribution in [0.3, 0.4) is 0 Å². The number of hydrogen-bond donors (Lipinski definition) is 2. The Bertz CT molecular complexity index is 353. The highest BCUT2D eigenvalue weighted by Gasteiger charge is 2.27. The molecule has 0 aliphatic carbocycles. The molecule has 94 valence electrons. The first kappa shape index (κ1) is 12.4. The number of β-amino-alcohol motifs (C(OH)–C–C–N with tert-alkyl or cyclic N) is 1. The summed E-state index contributed by atoms with van der Waals surface area (Å²) in [6.45, 7) is 7.46. The van der Waals surface area contributed by atoms with E-state index in [1.54, 1.807) is 0 Å². The van der Waals surface area contributed by atoms with Crippen molar-refractivity contribution in [2.45, 2.75) is 20.0 Å². The first-order chi connectivity index (χ1) is 8.06. The minimum Gasteiger partial charge on any atom is -0.399 e. The summed E-state index contributed by atoms with van der Waals surface area (Å²) in [5.74, 6) is 1.46. The fraction of sp³-hybridized carbons (Fsp3) is 0.571. The lowest BCUT2D eigenvalue weighted by Gasteiger charge is -2.20. The Hall–Kier alpha value is -1.06. The Kier molecular flexibility index (Phi) is 3.69. The van der Waals surface area contributed by atoms with Gasteiger partial charge in [-0.1, -0.05) is 26.0 Å². The lowest BCUT2D eigenvalue weighted by Crippen LogP contribution is -2.26. The van der Waals surface area contributed by atoms with E-state index in [4.69, 9.17) is 5.73 Å². The van der Waals surface area contributed by atoms with Gasteiger partial charge in [-0.05, 0) is 29.5 Å². The van der Waals surface area contributed by atoms with Crippen LogP contribution in [0.1, 0.15) is 25.5 Å². The van der Waals surface area contributed by atoms with Crippen LogP contribution in [0.4, 0.5) is 5.69 Å². The molecule has 2 rings (SSSR count). The number of anilines is 1. The van der Waals surface area contributed by atoms with E-state index >= 15 is 0 Å². The molecule has 1 fully saturated rings. The lowest BCUT2D eigenvalue weighted by molar-refractivity contribution is 0.123. The van der Waals surface area contributed by atoms with E-state index in [1.807, 2.05) is 24.3 Å². The van der Waals surface area contributed by atoms with Gasteiger partial charge in [0.25, 0.3) is 0 Å². The summed E-state index contributed by atoms with van der Waals surface area (Å²) in [6, 6.07) is 7.49. The van der Waals surface area contributed by atoms with Crippen molar-refractivity contribution in [3.05, 3.63) is 29.8 Å².